The number of thiocarbonyl (C=S) groups is 1. The second kappa shape index (κ2) is 10.4. The average Bonchev–Trinajstić information content (AvgIpc) is 2.76. The van der Waals surface area contributed by atoms with Gasteiger partial charge in [-0.3, -0.25) is 0 Å². The highest BCUT2D eigenvalue weighted by atomic mass is 32.2. The van der Waals surface area contributed by atoms with Crippen LogP contribution in [0.3, 0.4) is 0 Å². The van der Waals surface area contributed by atoms with Gasteiger partial charge in [0.1, 0.15) is 0 Å². The molecule has 1 saturated heterocycles. The molecule has 0 aliphatic carbocycles. The SMILES string of the molecule is CCCCCCCCCCOC(=S)NC1CCS(=O)(=O)C1. The second-order valence-corrected chi connectivity index (χ2v) is 8.45. The van der Waals surface area contributed by atoms with E-state index in [-0.39, 0.29) is 17.5 Å². The fourth-order valence-electron chi connectivity index (χ4n) is 2.52. The van der Waals surface area contributed by atoms with Crippen LogP contribution in [0, 0.1) is 0 Å². The molecule has 1 heterocycles. The highest BCUT2D eigenvalue weighted by Gasteiger charge is 2.28. The Morgan fingerprint density at radius 1 is 1.14 bits per heavy atom. The molecule has 4 nitrogen and oxygen atoms in total. The van der Waals surface area contributed by atoms with Crippen molar-refractivity contribution in [2.24, 2.45) is 0 Å². The first-order chi connectivity index (χ1) is 10.0. The summed E-state index contributed by atoms with van der Waals surface area (Å²) < 4.78 is 28.1. The van der Waals surface area contributed by atoms with E-state index in [2.05, 4.69) is 12.2 Å². The number of hydrogen-bond acceptors (Lipinski definition) is 4. The first-order valence-corrected chi connectivity index (χ1v) is 10.4. The Morgan fingerprint density at radius 2 is 1.76 bits per heavy atom. The number of nitrogens with one attached hydrogen (secondary N) is 1. The molecule has 1 rings (SSSR count). The average molecular weight is 336 g/mol. The number of unbranched alkanes of at least 4 members (excludes halogenated alkanes) is 7. The van der Waals surface area contributed by atoms with E-state index in [0.29, 0.717) is 18.2 Å². The second-order valence-electron chi connectivity index (χ2n) is 5.86. The van der Waals surface area contributed by atoms with Gasteiger partial charge >= 0.3 is 0 Å². The summed E-state index contributed by atoms with van der Waals surface area (Å²) in [6, 6.07) is -0.0685. The molecule has 0 amide bonds. The van der Waals surface area contributed by atoms with E-state index in [1.54, 1.807) is 0 Å². The first-order valence-electron chi connectivity index (χ1n) is 8.17. The summed E-state index contributed by atoms with van der Waals surface area (Å²) >= 11 is 5.09. The van der Waals surface area contributed by atoms with E-state index < -0.39 is 9.84 Å². The van der Waals surface area contributed by atoms with Gasteiger partial charge in [0.2, 0.25) is 0 Å². The molecule has 124 valence electrons. The van der Waals surface area contributed by atoms with Gasteiger partial charge in [-0.05, 0) is 25.1 Å². The third-order valence-electron chi connectivity index (χ3n) is 3.79. The van der Waals surface area contributed by atoms with Crippen LogP contribution in [0.4, 0.5) is 0 Å². The van der Waals surface area contributed by atoms with Crippen LogP contribution in [-0.4, -0.2) is 37.7 Å². The van der Waals surface area contributed by atoms with E-state index in [1.165, 1.54) is 44.9 Å². The van der Waals surface area contributed by atoms with Gasteiger partial charge in [-0.25, -0.2) is 8.42 Å². The van der Waals surface area contributed by atoms with Crippen molar-refractivity contribution >= 4 is 27.2 Å². The monoisotopic (exact) mass is 335 g/mol. The highest BCUT2D eigenvalue weighted by Crippen LogP contribution is 2.11. The van der Waals surface area contributed by atoms with Gasteiger partial charge in [-0.2, -0.15) is 0 Å². The summed E-state index contributed by atoms with van der Waals surface area (Å²) in [7, 11) is -2.86. The molecule has 6 heteroatoms. The smallest absolute Gasteiger partial charge is 0.256 e. The van der Waals surface area contributed by atoms with Crippen LogP contribution < -0.4 is 5.32 Å². The minimum Gasteiger partial charge on any atom is -0.471 e. The van der Waals surface area contributed by atoms with Gasteiger partial charge in [0.15, 0.2) is 9.84 Å². The molecule has 21 heavy (non-hydrogen) atoms. The predicted octanol–water partition coefficient (Wildman–Crippen LogP) is 3.21. The van der Waals surface area contributed by atoms with E-state index in [9.17, 15) is 8.42 Å². The topological polar surface area (TPSA) is 55.4 Å². The Labute approximate surface area is 134 Å². The Balaban J connectivity index is 1.92. The van der Waals surface area contributed by atoms with Crippen molar-refractivity contribution in [3.8, 4) is 0 Å². The quantitative estimate of drug-likeness (QED) is 0.491. The summed E-state index contributed by atoms with van der Waals surface area (Å²) in [6.45, 7) is 2.86. The lowest BCUT2D eigenvalue weighted by Gasteiger charge is -2.13. The minimum absolute atomic E-state index is 0.0685. The molecule has 1 aliphatic heterocycles. The molecule has 1 N–H and O–H groups in total. The summed E-state index contributed by atoms with van der Waals surface area (Å²) in [4.78, 5) is 0. The molecule has 1 unspecified atom stereocenters. The molecule has 0 spiro atoms. The standard InChI is InChI=1S/C15H29NO3S2/c1-2-3-4-5-6-7-8-9-11-19-15(20)16-14-10-12-21(17,18)13-14/h14H,2-13H2,1H3,(H,16,20). The van der Waals surface area contributed by atoms with Crippen molar-refractivity contribution in [2.75, 3.05) is 18.1 Å². The summed E-state index contributed by atoms with van der Waals surface area (Å²) in [5.41, 5.74) is 0. The zero-order chi connectivity index (χ0) is 15.6. The Morgan fingerprint density at radius 3 is 2.33 bits per heavy atom. The van der Waals surface area contributed by atoms with Crippen molar-refractivity contribution in [2.45, 2.75) is 70.8 Å². The maximum Gasteiger partial charge on any atom is 0.256 e. The summed E-state index contributed by atoms with van der Waals surface area (Å²) in [6.07, 6.45) is 10.7. The molecule has 0 saturated carbocycles. The molecule has 1 atom stereocenters. The maximum atomic E-state index is 11.3. The third-order valence-corrected chi connectivity index (χ3v) is 5.79. The van der Waals surface area contributed by atoms with Gasteiger partial charge in [-0.1, -0.05) is 51.9 Å². The Hall–Kier alpha value is -0.360. The normalized spacial score (nSPS) is 20.3. The maximum absolute atomic E-state index is 11.3. The molecule has 0 aromatic rings. The van der Waals surface area contributed by atoms with Crippen molar-refractivity contribution in [1.82, 2.24) is 5.32 Å². The number of ether oxygens (including phenoxy) is 1. The molecular formula is C15H29NO3S2. The van der Waals surface area contributed by atoms with Crippen molar-refractivity contribution < 1.29 is 13.2 Å². The summed E-state index contributed by atoms with van der Waals surface area (Å²) in [5, 5.41) is 3.34. The molecular weight excluding hydrogens is 306 g/mol. The van der Waals surface area contributed by atoms with Crippen LogP contribution >= 0.6 is 12.2 Å². The largest absolute Gasteiger partial charge is 0.471 e. The Kier molecular flexibility index (Phi) is 9.24. The molecule has 0 aromatic carbocycles. The number of sulfone groups is 1. The van der Waals surface area contributed by atoms with Crippen LogP contribution in [0.25, 0.3) is 0 Å². The highest BCUT2D eigenvalue weighted by molar-refractivity contribution is 7.91. The van der Waals surface area contributed by atoms with Gasteiger partial charge < -0.3 is 10.1 Å². The molecule has 0 aromatic heterocycles. The first kappa shape index (κ1) is 18.7. The summed E-state index contributed by atoms with van der Waals surface area (Å²) in [5.74, 6) is 0.430. The minimum atomic E-state index is -2.86. The predicted molar refractivity (Wildman–Crippen MR) is 91.4 cm³/mol. The van der Waals surface area contributed by atoms with Crippen LogP contribution in [0.15, 0.2) is 0 Å². The van der Waals surface area contributed by atoms with E-state index in [0.717, 1.165) is 6.42 Å². The number of rotatable bonds is 10. The zero-order valence-corrected chi connectivity index (χ0v) is 14.7. The zero-order valence-electron chi connectivity index (χ0n) is 13.1. The van der Waals surface area contributed by atoms with E-state index >= 15 is 0 Å². The van der Waals surface area contributed by atoms with Gasteiger partial charge in [-0.15, -0.1) is 0 Å². The van der Waals surface area contributed by atoms with Crippen LogP contribution in [0.2, 0.25) is 0 Å². The molecule has 1 aliphatic rings. The van der Waals surface area contributed by atoms with Crippen LogP contribution in [-0.2, 0) is 14.6 Å². The van der Waals surface area contributed by atoms with Crippen molar-refractivity contribution in [3.05, 3.63) is 0 Å². The van der Waals surface area contributed by atoms with Crippen LogP contribution in [0.1, 0.15) is 64.7 Å². The number of hydrogen-bond donors (Lipinski definition) is 1. The molecule has 1 fully saturated rings. The van der Waals surface area contributed by atoms with E-state index in [1.807, 2.05) is 0 Å². The fraction of sp³-hybridized carbons (Fsp3) is 0.933. The molecule has 0 radical (unpaired) electrons. The van der Waals surface area contributed by atoms with Crippen LogP contribution in [0.5, 0.6) is 0 Å². The van der Waals surface area contributed by atoms with Gasteiger partial charge in [0, 0.05) is 6.04 Å². The van der Waals surface area contributed by atoms with Crippen molar-refractivity contribution in [1.29, 1.82) is 0 Å². The van der Waals surface area contributed by atoms with E-state index in [4.69, 9.17) is 17.0 Å². The lowest BCUT2D eigenvalue weighted by molar-refractivity contribution is 0.283. The van der Waals surface area contributed by atoms with Gasteiger partial charge in [0.25, 0.3) is 5.17 Å². The third kappa shape index (κ3) is 9.30. The lowest BCUT2D eigenvalue weighted by atomic mass is 10.1. The lowest BCUT2D eigenvalue weighted by Crippen LogP contribution is -2.35. The molecule has 0 bridgehead atoms. The van der Waals surface area contributed by atoms with Crippen molar-refractivity contribution in [3.63, 3.8) is 0 Å². The Bertz CT molecular complexity index is 396. The van der Waals surface area contributed by atoms with Gasteiger partial charge in [0.05, 0.1) is 18.1 Å². The fourth-order valence-corrected chi connectivity index (χ4v) is 4.44.